The number of hydrogen-bond acceptors (Lipinski definition) is 6. The number of carbonyl (C=O) groups excluding carboxylic acids is 1. The van der Waals surface area contributed by atoms with Crippen LogP contribution in [-0.2, 0) is 6.54 Å². The third-order valence-electron chi connectivity index (χ3n) is 6.51. The number of hydrogen-bond donors (Lipinski definition) is 1. The second kappa shape index (κ2) is 10.1. The summed E-state index contributed by atoms with van der Waals surface area (Å²) in [6.07, 6.45) is 4.86. The number of piperidine rings is 1. The molecule has 9 heteroatoms. The molecule has 33 heavy (non-hydrogen) atoms. The predicted octanol–water partition coefficient (Wildman–Crippen LogP) is 2.76. The Morgan fingerprint density at radius 1 is 1.12 bits per heavy atom. The number of amides is 2. The van der Waals surface area contributed by atoms with Gasteiger partial charge in [-0.3, -0.25) is 4.90 Å². The lowest BCUT2D eigenvalue weighted by atomic mass is 10.0. The molecular weight excluding hydrogens is 421 g/mol. The van der Waals surface area contributed by atoms with E-state index in [0.29, 0.717) is 24.6 Å². The van der Waals surface area contributed by atoms with Crippen LogP contribution < -0.4 is 10.2 Å². The number of likely N-dealkylation sites (tertiary alicyclic amines) is 1. The lowest BCUT2D eigenvalue weighted by Crippen LogP contribution is -2.61. The predicted molar refractivity (Wildman–Crippen MR) is 123 cm³/mol. The Morgan fingerprint density at radius 2 is 1.79 bits per heavy atom. The standard InChI is InChI=1S/C24H30FN7O/c1-17-15-32(18(2)14-31(17)23-27-12-20(11-26)13-28-23)24(33)29-22-7-9-30(10-8-22)16-19-3-5-21(25)6-4-19/h3-6,12-13,17-18,22H,7-10,14-16H2,1-2H3,(H,29,33)/t17-,18+/m0/s1. The summed E-state index contributed by atoms with van der Waals surface area (Å²) in [4.78, 5) is 28.0. The number of nitrogens with zero attached hydrogens (tertiary/aromatic N) is 6. The molecule has 1 aromatic heterocycles. The fourth-order valence-electron chi connectivity index (χ4n) is 4.56. The molecular formula is C24H30FN7O. The number of nitriles is 1. The minimum atomic E-state index is -0.214. The Hall–Kier alpha value is -3.25. The van der Waals surface area contributed by atoms with Crippen LogP contribution in [0.2, 0.25) is 0 Å². The van der Waals surface area contributed by atoms with Crippen LogP contribution in [0.1, 0.15) is 37.8 Å². The van der Waals surface area contributed by atoms with Crippen molar-refractivity contribution in [2.75, 3.05) is 31.1 Å². The summed E-state index contributed by atoms with van der Waals surface area (Å²) in [5.41, 5.74) is 1.53. The number of carbonyl (C=O) groups is 1. The highest BCUT2D eigenvalue weighted by atomic mass is 19.1. The van der Waals surface area contributed by atoms with Crippen LogP contribution in [0.25, 0.3) is 0 Å². The maximum atomic E-state index is 13.1. The van der Waals surface area contributed by atoms with Crippen molar-refractivity contribution < 1.29 is 9.18 Å². The van der Waals surface area contributed by atoms with E-state index in [1.165, 1.54) is 24.5 Å². The Bertz CT molecular complexity index is 983. The van der Waals surface area contributed by atoms with Crippen LogP contribution in [0, 0.1) is 17.1 Å². The second-order valence-corrected chi connectivity index (χ2v) is 9.01. The number of piperazine rings is 1. The molecule has 3 heterocycles. The number of aromatic nitrogens is 2. The van der Waals surface area contributed by atoms with Crippen molar-refractivity contribution in [2.45, 2.75) is 51.4 Å². The molecule has 2 amide bonds. The molecule has 174 valence electrons. The van der Waals surface area contributed by atoms with Gasteiger partial charge in [0.05, 0.1) is 18.0 Å². The van der Waals surface area contributed by atoms with Crippen LogP contribution in [0.15, 0.2) is 36.7 Å². The molecule has 0 aliphatic carbocycles. The van der Waals surface area contributed by atoms with Crippen LogP contribution in [0.5, 0.6) is 0 Å². The molecule has 2 aliphatic heterocycles. The monoisotopic (exact) mass is 451 g/mol. The topological polar surface area (TPSA) is 88.4 Å². The van der Waals surface area contributed by atoms with Gasteiger partial charge in [-0.15, -0.1) is 0 Å². The maximum Gasteiger partial charge on any atom is 0.317 e. The summed E-state index contributed by atoms with van der Waals surface area (Å²) in [5, 5.41) is 12.2. The van der Waals surface area contributed by atoms with Gasteiger partial charge in [-0.05, 0) is 44.4 Å². The van der Waals surface area contributed by atoms with Gasteiger partial charge >= 0.3 is 6.03 Å². The number of benzene rings is 1. The lowest BCUT2D eigenvalue weighted by Gasteiger charge is -2.44. The number of rotatable bonds is 4. The molecule has 2 aliphatic rings. The van der Waals surface area contributed by atoms with Gasteiger partial charge in [0.1, 0.15) is 11.9 Å². The van der Waals surface area contributed by atoms with Crippen molar-refractivity contribution in [1.29, 1.82) is 5.26 Å². The minimum Gasteiger partial charge on any atom is -0.335 e. The number of halogens is 1. The molecule has 4 rings (SSSR count). The summed E-state index contributed by atoms with van der Waals surface area (Å²) in [6, 6.07) is 8.90. The summed E-state index contributed by atoms with van der Waals surface area (Å²) < 4.78 is 13.1. The third-order valence-corrected chi connectivity index (χ3v) is 6.51. The van der Waals surface area contributed by atoms with Crippen molar-refractivity contribution in [3.63, 3.8) is 0 Å². The van der Waals surface area contributed by atoms with Crippen LogP contribution in [-0.4, -0.2) is 70.1 Å². The van der Waals surface area contributed by atoms with Gasteiger partial charge in [-0.2, -0.15) is 5.26 Å². The van der Waals surface area contributed by atoms with Gasteiger partial charge < -0.3 is 15.1 Å². The van der Waals surface area contributed by atoms with E-state index in [9.17, 15) is 9.18 Å². The summed E-state index contributed by atoms with van der Waals surface area (Å²) in [5.74, 6) is 0.371. The smallest absolute Gasteiger partial charge is 0.317 e. The highest BCUT2D eigenvalue weighted by molar-refractivity contribution is 5.75. The largest absolute Gasteiger partial charge is 0.335 e. The molecule has 0 radical (unpaired) electrons. The first-order valence-corrected chi connectivity index (χ1v) is 11.5. The summed E-state index contributed by atoms with van der Waals surface area (Å²) in [6.45, 7) is 7.91. The van der Waals surface area contributed by atoms with Crippen LogP contribution in [0.4, 0.5) is 15.1 Å². The zero-order valence-electron chi connectivity index (χ0n) is 19.1. The highest BCUT2D eigenvalue weighted by Gasteiger charge is 2.34. The van der Waals surface area contributed by atoms with E-state index in [1.54, 1.807) is 0 Å². The second-order valence-electron chi connectivity index (χ2n) is 9.01. The summed E-state index contributed by atoms with van der Waals surface area (Å²) >= 11 is 0. The van der Waals surface area contributed by atoms with Gasteiger partial charge in [-0.1, -0.05) is 12.1 Å². The van der Waals surface area contributed by atoms with Crippen molar-refractivity contribution >= 4 is 12.0 Å². The molecule has 0 unspecified atom stereocenters. The average molecular weight is 452 g/mol. The van der Waals surface area contributed by atoms with E-state index >= 15 is 0 Å². The van der Waals surface area contributed by atoms with Crippen molar-refractivity contribution in [2.24, 2.45) is 0 Å². The van der Waals surface area contributed by atoms with Crippen molar-refractivity contribution in [1.82, 2.24) is 25.1 Å². The van der Waals surface area contributed by atoms with Gasteiger partial charge in [0.2, 0.25) is 5.95 Å². The first-order chi connectivity index (χ1) is 15.9. The number of anilines is 1. The zero-order valence-corrected chi connectivity index (χ0v) is 19.1. The third kappa shape index (κ3) is 5.57. The number of urea groups is 1. The molecule has 1 aromatic carbocycles. The van der Waals surface area contributed by atoms with E-state index in [4.69, 9.17) is 5.26 Å². The highest BCUT2D eigenvalue weighted by Crippen LogP contribution is 2.21. The van der Waals surface area contributed by atoms with E-state index in [0.717, 1.165) is 38.0 Å². The van der Waals surface area contributed by atoms with E-state index in [2.05, 4.69) is 32.0 Å². The zero-order chi connectivity index (χ0) is 23.4. The van der Waals surface area contributed by atoms with Gasteiger partial charge in [-0.25, -0.2) is 19.2 Å². The maximum absolute atomic E-state index is 13.1. The molecule has 1 N–H and O–H groups in total. The molecule has 0 spiro atoms. The first-order valence-electron chi connectivity index (χ1n) is 11.5. The molecule has 2 aromatic rings. The Labute approximate surface area is 194 Å². The molecule has 8 nitrogen and oxygen atoms in total. The van der Waals surface area contributed by atoms with Crippen molar-refractivity contribution in [3.8, 4) is 6.07 Å². The Morgan fingerprint density at radius 3 is 2.42 bits per heavy atom. The van der Waals surface area contributed by atoms with Crippen molar-refractivity contribution in [3.05, 3.63) is 53.6 Å². The molecule has 2 fully saturated rings. The lowest BCUT2D eigenvalue weighted by molar-refractivity contribution is 0.145. The van der Waals surface area contributed by atoms with Crippen LogP contribution in [0.3, 0.4) is 0 Å². The van der Waals surface area contributed by atoms with Gasteiger partial charge in [0.15, 0.2) is 0 Å². The van der Waals surface area contributed by atoms with E-state index in [1.807, 2.05) is 30.0 Å². The molecule has 0 saturated carbocycles. The SMILES string of the molecule is C[C@@H]1CN(c2ncc(C#N)cn2)[C@@H](C)CN1C(=O)NC1CCN(Cc2ccc(F)cc2)CC1. The summed E-state index contributed by atoms with van der Waals surface area (Å²) in [7, 11) is 0. The minimum absolute atomic E-state index is 0.0130. The van der Waals surface area contributed by atoms with E-state index < -0.39 is 0 Å². The van der Waals surface area contributed by atoms with Crippen LogP contribution >= 0.6 is 0 Å². The normalized spacial score (nSPS) is 22.1. The van der Waals surface area contributed by atoms with Gasteiger partial charge in [0.25, 0.3) is 0 Å². The fourth-order valence-corrected chi connectivity index (χ4v) is 4.56. The van der Waals surface area contributed by atoms with Gasteiger partial charge in [0, 0.05) is 50.8 Å². The molecule has 2 atom stereocenters. The first kappa shape index (κ1) is 22.9. The Balaban J connectivity index is 1.26. The quantitative estimate of drug-likeness (QED) is 0.769. The number of nitrogens with one attached hydrogen (secondary N) is 1. The average Bonchev–Trinajstić information content (AvgIpc) is 2.83. The fraction of sp³-hybridized carbons (Fsp3) is 0.500. The Kier molecular flexibility index (Phi) is 7.04. The van der Waals surface area contributed by atoms with E-state index in [-0.39, 0.29) is 30.0 Å². The molecule has 0 bridgehead atoms. The molecule has 2 saturated heterocycles.